The van der Waals surface area contributed by atoms with E-state index < -0.39 is 23.8 Å². The molecule has 2 saturated heterocycles. The summed E-state index contributed by atoms with van der Waals surface area (Å²) in [5.74, 6) is -0.799. The van der Waals surface area contributed by atoms with Gasteiger partial charge in [-0.25, -0.2) is 0 Å². The van der Waals surface area contributed by atoms with Gasteiger partial charge in [-0.1, -0.05) is 0 Å². The van der Waals surface area contributed by atoms with Crippen LogP contribution in [0.4, 0.5) is 0 Å². The maximum absolute atomic E-state index is 10.6. The standard InChI is InChI=1S/C8H12O5/c1-7(2)12-5-6(13-7)11-4-8(5,10)3-9/h3,5-6,10H,4H2,1-2H3/t5-,6+,8?/m0/s1. The lowest BCUT2D eigenvalue weighted by Crippen LogP contribution is -2.45. The van der Waals surface area contributed by atoms with Crippen molar-refractivity contribution < 1.29 is 24.1 Å². The fourth-order valence-electron chi connectivity index (χ4n) is 1.59. The van der Waals surface area contributed by atoms with Gasteiger partial charge in [0.2, 0.25) is 0 Å². The Kier molecular flexibility index (Phi) is 1.75. The van der Waals surface area contributed by atoms with Gasteiger partial charge in [0.15, 0.2) is 24.0 Å². The predicted molar refractivity (Wildman–Crippen MR) is 40.8 cm³/mol. The Balaban J connectivity index is 2.21. The molecular weight excluding hydrogens is 176 g/mol. The van der Waals surface area contributed by atoms with Gasteiger partial charge in [0.25, 0.3) is 0 Å². The molecular formula is C8H12O5. The average molecular weight is 188 g/mol. The molecule has 2 aliphatic rings. The molecule has 2 heterocycles. The largest absolute Gasteiger partial charge is 0.377 e. The van der Waals surface area contributed by atoms with Gasteiger partial charge in [-0.2, -0.15) is 0 Å². The first-order valence-corrected chi connectivity index (χ1v) is 4.13. The van der Waals surface area contributed by atoms with Crippen molar-refractivity contribution in [3.8, 4) is 0 Å². The summed E-state index contributed by atoms with van der Waals surface area (Å²) in [6, 6.07) is 0. The number of carbonyl (C=O) groups is 1. The second-order valence-electron chi connectivity index (χ2n) is 3.84. The van der Waals surface area contributed by atoms with Crippen molar-refractivity contribution in [3.63, 3.8) is 0 Å². The van der Waals surface area contributed by atoms with E-state index in [1.807, 2.05) is 0 Å². The van der Waals surface area contributed by atoms with Gasteiger partial charge < -0.3 is 19.3 Å². The minimum atomic E-state index is -1.56. The summed E-state index contributed by atoms with van der Waals surface area (Å²) in [5, 5.41) is 9.70. The van der Waals surface area contributed by atoms with E-state index in [2.05, 4.69) is 0 Å². The highest BCUT2D eigenvalue weighted by Crippen LogP contribution is 2.38. The number of hydrogen-bond donors (Lipinski definition) is 1. The summed E-state index contributed by atoms with van der Waals surface area (Å²) in [6.07, 6.45) is -0.896. The normalized spacial score (nSPS) is 47.6. The summed E-state index contributed by atoms with van der Waals surface area (Å²) < 4.78 is 15.7. The van der Waals surface area contributed by atoms with E-state index in [-0.39, 0.29) is 6.61 Å². The Labute approximate surface area is 75.6 Å². The topological polar surface area (TPSA) is 65.0 Å². The van der Waals surface area contributed by atoms with Gasteiger partial charge in [-0.15, -0.1) is 0 Å². The average Bonchev–Trinajstić information content (AvgIpc) is 2.49. The first kappa shape index (κ1) is 9.08. The number of aliphatic hydroxyl groups is 1. The van der Waals surface area contributed by atoms with Crippen molar-refractivity contribution in [1.29, 1.82) is 0 Å². The third kappa shape index (κ3) is 1.28. The number of rotatable bonds is 1. The van der Waals surface area contributed by atoms with E-state index in [4.69, 9.17) is 14.2 Å². The predicted octanol–water partition coefficient (Wildman–Crippen LogP) is -0.576. The van der Waals surface area contributed by atoms with Crippen molar-refractivity contribution in [2.75, 3.05) is 6.61 Å². The van der Waals surface area contributed by atoms with Gasteiger partial charge >= 0.3 is 0 Å². The van der Waals surface area contributed by atoms with Crippen LogP contribution >= 0.6 is 0 Å². The Bertz CT molecular complexity index is 239. The third-order valence-electron chi connectivity index (χ3n) is 2.23. The van der Waals surface area contributed by atoms with E-state index in [1.165, 1.54) is 0 Å². The molecule has 74 valence electrons. The van der Waals surface area contributed by atoms with Crippen LogP contribution in [0.3, 0.4) is 0 Å². The smallest absolute Gasteiger partial charge is 0.190 e. The van der Waals surface area contributed by atoms with Gasteiger partial charge in [0, 0.05) is 0 Å². The van der Waals surface area contributed by atoms with Crippen LogP contribution in [0.2, 0.25) is 0 Å². The highest BCUT2D eigenvalue weighted by Gasteiger charge is 2.58. The van der Waals surface area contributed by atoms with Gasteiger partial charge in [0.05, 0.1) is 6.61 Å². The molecule has 0 radical (unpaired) electrons. The lowest BCUT2D eigenvalue weighted by Gasteiger charge is -2.23. The molecule has 0 aromatic carbocycles. The van der Waals surface area contributed by atoms with Crippen LogP contribution in [-0.2, 0) is 19.0 Å². The lowest BCUT2D eigenvalue weighted by molar-refractivity contribution is -0.208. The number of carbonyl (C=O) groups excluding carboxylic acids is 1. The quantitative estimate of drug-likeness (QED) is 0.558. The molecule has 0 amide bonds. The first-order chi connectivity index (χ1) is 5.97. The third-order valence-corrected chi connectivity index (χ3v) is 2.23. The number of ether oxygens (including phenoxy) is 3. The molecule has 1 N–H and O–H groups in total. The summed E-state index contributed by atoms with van der Waals surface area (Å²) in [5.41, 5.74) is -1.56. The SMILES string of the molecule is CC1(C)O[C@H]2OCC(O)(C=O)[C@H]2O1. The van der Waals surface area contributed by atoms with E-state index in [0.717, 1.165) is 0 Å². The molecule has 0 aliphatic carbocycles. The van der Waals surface area contributed by atoms with Crippen LogP contribution in [0.5, 0.6) is 0 Å². The van der Waals surface area contributed by atoms with Crippen LogP contribution in [0.1, 0.15) is 13.8 Å². The van der Waals surface area contributed by atoms with Crippen molar-refractivity contribution >= 4 is 6.29 Å². The van der Waals surface area contributed by atoms with Gasteiger partial charge in [-0.05, 0) is 13.8 Å². The van der Waals surface area contributed by atoms with E-state index in [0.29, 0.717) is 6.29 Å². The number of fused-ring (bicyclic) bond motifs is 1. The molecule has 0 aromatic rings. The molecule has 1 unspecified atom stereocenters. The van der Waals surface area contributed by atoms with Crippen molar-refractivity contribution in [2.24, 2.45) is 0 Å². The minimum absolute atomic E-state index is 0.0675. The Hall–Kier alpha value is -0.490. The molecule has 0 saturated carbocycles. The maximum atomic E-state index is 10.6. The highest BCUT2D eigenvalue weighted by molar-refractivity contribution is 5.64. The van der Waals surface area contributed by atoms with Crippen molar-refractivity contribution in [2.45, 2.75) is 37.6 Å². The molecule has 2 fully saturated rings. The number of hydrogen-bond acceptors (Lipinski definition) is 5. The van der Waals surface area contributed by atoms with Crippen LogP contribution < -0.4 is 0 Å². The Morgan fingerprint density at radius 2 is 2.15 bits per heavy atom. The zero-order valence-electron chi connectivity index (χ0n) is 7.52. The maximum Gasteiger partial charge on any atom is 0.190 e. The second kappa shape index (κ2) is 2.51. The van der Waals surface area contributed by atoms with Crippen LogP contribution in [0.15, 0.2) is 0 Å². The van der Waals surface area contributed by atoms with Crippen molar-refractivity contribution in [3.05, 3.63) is 0 Å². The molecule has 3 atom stereocenters. The fraction of sp³-hybridized carbons (Fsp3) is 0.875. The van der Waals surface area contributed by atoms with Crippen LogP contribution in [0, 0.1) is 0 Å². The van der Waals surface area contributed by atoms with Gasteiger partial charge in [0.1, 0.15) is 6.10 Å². The summed E-state index contributed by atoms with van der Waals surface area (Å²) in [7, 11) is 0. The van der Waals surface area contributed by atoms with Crippen molar-refractivity contribution in [1.82, 2.24) is 0 Å². The highest BCUT2D eigenvalue weighted by atomic mass is 16.8. The zero-order valence-corrected chi connectivity index (χ0v) is 7.52. The summed E-state index contributed by atoms with van der Waals surface area (Å²) in [6.45, 7) is 3.35. The summed E-state index contributed by atoms with van der Waals surface area (Å²) >= 11 is 0. The van der Waals surface area contributed by atoms with Crippen LogP contribution in [0.25, 0.3) is 0 Å². The fourth-order valence-corrected chi connectivity index (χ4v) is 1.59. The minimum Gasteiger partial charge on any atom is -0.377 e. The molecule has 2 aliphatic heterocycles. The Morgan fingerprint density at radius 3 is 2.77 bits per heavy atom. The molecule has 0 bridgehead atoms. The zero-order chi connectivity index (χ0) is 9.69. The van der Waals surface area contributed by atoms with Gasteiger partial charge in [-0.3, -0.25) is 4.79 Å². The van der Waals surface area contributed by atoms with E-state index in [9.17, 15) is 9.90 Å². The van der Waals surface area contributed by atoms with Crippen LogP contribution in [-0.4, -0.2) is 41.8 Å². The molecule has 0 aromatic heterocycles. The Morgan fingerprint density at radius 1 is 1.46 bits per heavy atom. The molecule has 2 rings (SSSR count). The number of aldehydes is 1. The lowest BCUT2D eigenvalue weighted by atomic mass is 10.0. The molecule has 5 heteroatoms. The summed E-state index contributed by atoms with van der Waals surface area (Å²) in [4.78, 5) is 10.6. The second-order valence-corrected chi connectivity index (χ2v) is 3.84. The molecule has 0 spiro atoms. The van der Waals surface area contributed by atoms with E-state index >= 15 is 0 Å². The molecule has 5 nitrogen and oxygen atoms in total. The molecule has 13 heavy (non-hydrogen) atoms. The first-order valence-electron chi connectivity index (χ1n) is 4.13. The monoisotopic (exact) mass is 188 g/mol. The van der Waals surface area contributed by atoms with E-state index in [1.54, 1.807) is 13.8 Å².